The van der Waals surface area contributed by atoms with Crippen LogP contribution in [0.4, 0.5) is 0 Å². The molecule has 5 rings (SSSR count). The molecule has 3 aromatic rings. The second-order valence-corrected chi connectivity index (χ2v) is 19.0. The van der Waals surface area contributed by atoms with Crippen molar-refractivity contribution in [3.8, 4) is 17.2 Å². The Balaban J connectivity index is 0.000000334. The Hall–Kier alpha value is -1.85. The van der Waals surface area contributed by atoms with Crippen LogP contribution in [0.3, 0.4) is 0 Å². The molecule has 0 unspecified atom stereocenters. The van der Waals surface area contributed by atoms with Crippen molar-refractivity contribution in [2.75, 3.05) is 83.3 Å². The van der Waals surface area contributed by atoms with E-state index in [4.69, 9.17) is 34.2 Å². The number of hydrogen-bond donors (Lipinski definition) is 0. The summed E-state index contributed by atoms with van der Waals surface area (Å²) < 4.78 is 71.8. The molecule has 49 heavy (non-hydrogen) atoms. The van der Waals surface area contributed by atoms with E-state index in [1.807, 2.05) is 48.2 Å². The van der Waals surface area contributed by atoms with Crippen LogP contribution in [0, 0.1) is 7.14 Å². The summed E-state index contributed by atoms with van der Waals surface area (Å²) in [5.41, 5.74) is 0. The number of methoxy groups -OCH3 is 3. The van der Waals surface area contributed by atoms with Gasteiger partial charge in [0.05, 0.1) is 60.3 Å². The zero-order valence-electron chi connectivity index (χ0n) is 27.9. The van der Waals surface area contributed by atoms with Crippen LogP contribution >= 0.6 is 11.8 Å². The predicted molar refractivity (Wildman–Crippen MR) is 183 cm³/mol. The van der Waals surface area contributed by atoms with Gasteiger partial charge in [-0.3, -0.25) is 0 Å². The Bertz CT molecular complexity index is 1390. The molecule has 13 nitrogen and oxygen atoms in total. The number of hydrogen-bond acceptors (Lipinski definition) is 14. The third-order valence-corrected chi connectivity index (χ3v) is 12.0. The second-order valence-electron chi connectivity index (χ2n) is 9.37. The van der Waals surface area contributed by atoms with E-state index in [2.05, 4.69) is 45.1 Å². The number of ether oxygens (including phenoxy) is 5. The van der Waals surface area contributed by atoms with Crippen molar-refractivity contribution in [1.82, 2.24) is 0 Å². The first kappa shape index (κ1) is 45.2. The van der Waals surface area contributed by atoms with E-state index in [9.17, 15) is 16.8 Å². The van der Waals surface area contributed by atoms with Gasteiger partial charge in [0.1, 0.15) is 28.8 Å². The predicted octanol–water partition coefficient (Wildman–Crippen LogP) is -1.24. The zero-order valence-corrected chi connectivity index (χ0v) is 33.3. The van der Waals surface area contributed by atoms with Gasteiger partial charge in [-0.1, -0.05) is 0 Å². The first-order chi connectivity index (χ1) is 23.3. The molecule has 2 aliphatic rings. The van der Waals surface area contributed by atoms with Crippen LogP contribution in [-0.4, -0.2) is 100 Å². The second kappa shape index (κ2) is 26.0. The first-order valence-corrected chi connectivity index (χ1v) is 22.9. The summed E-state index contributed by atoms with van der Waals surface area (Å²) in [5.74, 6) is 7.49. The normalized spacial score (nSPS) is 14.4. The Kier molecular flexibility index (Phi) is 24.0. The zero-order chi connectivity index (χ0) is 36.5. The fraction of sp³-hybridized carbons (Fsp3) is 0.419. The summed E-state index contributed by atoms with van der Waals surface area (Å²) in [5, 5.41) is 17.7. The van der Waals surface area contributed by atoms with Crippen LogP contribution in [-0.2, 0) is 49.3 Å². The molecule has 3 aromatic carbocycles. The van der Waals surface area contributed by atoms with Gasteiger partial charge in [-0.25, -0.2) is 16.8 Å². The molecule has 2 saturated heterocycles. The van der Waals surface area contributed by atoms with Gasteiger partial charge in [0.25, 0.3) is 20.2 Å². The summed E-state index contributed by atoms with van der Waals surface area (Å²) in [6.45, 7) is 3.75. The largest absolute Gasteiger partial charge is 0.707 e. The molecular weight excluding hydrogens is 836 g/mol. The van der Waals surface area contributed by atoms with Crippen LogP contribution in [0.2, 0.25) is 0 Å². The van der Waals surface area contributed by atoms with Crippen LogP contribution in [0.15, 0.2) is 77.7 Å². The van der Waals surface area contributed by atoms with Crippen molar-refractivity contribution < 1.29 is 80.9 Å². The molecule has 0 N–H and O–H groups in total. The lowest BCUT2D eigenvalue weighted by atomic mass is 10.3. The van der Waals surface area contributed by atoms with Crippen LogP contribution in [0.5, 0.6) is 17.2 Å². The monoisotopic (exact) mass is 878 g/mol. The Morgan fingerprint density at radius 3 is 1.20 bits per heavy atom. The lowest BCUT2D eigenvalue weighted by Crippen LogP contribution is -3.61. The Morgan fingerprint density at radius 2 is 0.939 bits per heavy atom. The maximum atomic E-state index is 9.47. The maximum absolute atomic E-state index is 9.47. The molecule has 2 fully saturated rings. The van der Waals surface area contributed by atoms with Gasteiger partial charge >= 0.3 is 21.2 Å². The van der Waals surface area contributed by atoms with E-state index in [1.165, 1.54) is 35.0 Å². The molecule has 2 aliphatic heterocycles. The highest BCUT2D eigenvalue weighted by atomic mass is 127. The highest BCUT2D eigenvalue weighted by molar-refractivity contribution is 7.99. The smallest absolute Gasteiger partial charge is 0.357 e. The minimum atomic E-state index is -3.72. The Labute approximate surface area is 307 Å². The van der Waals surface area contributed by atoms with E-state index >= 15 is 0 Å². The average molecular weight is 879 g/mol. The summed E-state index contributed by atoms with van der Waals surface area (Å²) >= 11 is 1.85. The summed E-state index contributed by atoms with van der Waals surface area (Å²) in [6, 6.07) is 25.0. The summed E-state index contributed by atoms with van der Waals surface area (Å²) in [4.78, 5) is 1.44. The molecule has 0 radical (unpaired) electrons. The number of benzene rings is 3. The van der Waals surface area contributed by atoms with Gasteiger partial charge in [-0.2, -0.15) is 11.8 Å². The first-order valence-electron chi connectivity index (χ1n) is 14.3. The van der Waals surface area contributed by atoms with Gasteiger partial charge in [-0.15, -0.1) is 0 Å². The highest BCUT2D eigenvalue weighted by Crippen LogP contribution is 2.20. The Morgan fingerprint density at radius 1 is 0.612 bits per heavy atom. The van der Waals surface area contributed by atoms with Gasteiger partial charge in [0.15, 0.2) is 12.0 Å². The molecule has 0 bridgehead atoms. The lowest BCUT2D eigenvalue weighted by molar-refractivity contribution is -0.634. The van der Waals surface area contributed by atoms with Gasteiger partial charge in [0, 0.05) is 22.4 Å². The number of rotatable bonds is 8. The molecule has 18 heteroatoms. The molecule has 0 amide bonds. The third kappa shape index (κ3) is 23.3. The summed E-state index contributed by atoms with van der Waals surface area (Å²) in [6.07, 6.45) is 1.36. The van der Waals surface area contributed by atoms with Crippen molar-refractivity contribution in [2.24, 2.45) is 0 Å². The highest BCUT2D eigenvalue weighted by Gasteiger charge is 2.24. The van der Waals surface area contributed by atoms with E-state index in [0.717, 1.165) is 43.7 Å². The van der Waals surface area contributed by atoms with E-state index < -0.39 is 20.2 Å². The van der Waals surface area contributed by atoms with Crippen molar-refractivity contribution in [2.45, 2.75) is 4.90 Å². The van der Waals surface area contributed by atoms with Crippen molar-refractivity contribution in [3.63, 3.8) is 0 Å². The van der Waals surface area contributed by atoms with E-state index in [1.54, 1.807) is 21.3 Å². The molecule has 2 heterocycles. The topological polar surface area (TPSA) is 179 Å². The number of thioether (sulfide) groups is 1. The average Bonchev–Trinajstić information content (AvgIpc) is 3.14. The van der Waals surface area contributed by atoms with Crippen LogP contribution in [0.25, 0.3) is 0 Å². The molecule has 0 spiro atoms. The van der Waals surface area contributed by atoms with Gasteiger partial charge in [0.2, 0.25) is 0 Å². The van der Waals surface area contributed by atoms with Crippen LogP contribution in [0.1, 0.15) is 0 Å². The molecule has 0 atom stereocenters. The molecule has 0 aliphatic carbocycles. The SMILES string of the molecule is C1CSCCO1.COc1ccc([I+]c2ccc(OC)cc2)cc1.COc1ccc([S+]2CCOCC2)cc1.CS(=O)(=O)O[O-].CS(=O)(=O)O[O-]. The van der Waals surface area contributed by atoms with Crippen LogP contribution < -0.4 is 45.9 Å². The molecular formula is C31H43IO13S4. The van der Waals surface area contributed by atoms with E-state index in [-0.39, 0.29) is 21.2 Å². The van der Waals surface area contributed by atoms with Gasteiger partial charge < -0.3 is 42.9 Å². The van der Waals surface area contributed by atoms with E-state index in [0.29, 0.717) is 23.4 Å². The minimum Gasteiger partial charge on any atom is -0.707 e. The summed E-state index contributed by atoms with van der Waals surface area (Å²) in [7, 11) is -1.96. The van der Waals surface area contributed by atoms with Crippen molar-refractivity contribution >= 4 is 42.9 Å². The standard InChI is InChI=1S/C14H14IO2.C11H15O2S.C4H8OS.2CH4O4S/c1-16-13-7-3-11(4-8-13)15-12-5-9-14(17-2)10-6-12;1-12-10-2-4-11(5-3-10)14-8-6-13-7-9-14;1-3-6-4-2-5-1;2*1-6(3,4)5-2/h3-10H,1-2H3;2-5H,6-9H2,1H3;1-4H2;2*2H,1H3/q2*+1;;;/p-2. The molecule has 276 valence electrons. The van der Waals surface area contributed by atoms with Crippen molar-refractivity contribution in [1.29, 1.82) is 0 Å². The third-order valence-electron chi connectivity index (χ3n) is 5.65. The van der Waals surface area contributed by atoms with Crippen molar-refractivity contribution in [3.05, 3.63) is 79.9 Å². The quantitative estimate of drug-likeness (QED) is 0.114. The fourth-order valence-corrected chi connectivity index (χ4v) is 8.03. The van der Waals surface area contributed by atoms with Gasteiger partial charge in [-0.05, 0) is 72.8 Å². The molecule has 0 aromatic heterocycles. The maximum Gasteiger partial charge on any atom is 0.357 e. The molecule has 0 saturated carbocycles. The number of halogens is 1. The lowest BCUT2D eigenvalue weighted by Gasteiger charge is -2.14. The fourth-order valence-electron chi connectivity index (χ4n) is 3.36. The minimum absolute atomic E-state index is 0.119.